The van der Waals surface area contributed by atoms with E-state index in [9.17, 15) is 0 Å². The molecular weight excluding hydrogens is 236 g/mol. The molecule has 0 bridgehead atoms. The van der Waals surface area contributed by atoms with Crippen LogP contribution in [0.2, 0.25) is 0 Å². The Morgan fingerprint density at radius 2 is 2.16 bits per heavy atom. The summed E-state index contributed by atoms with van der Waals surface area (Å²) in [5.74, 6) is 3.05. The van der Waals surface area contributed by atoms with Gasteiger partial charge in [0.15, 0.2) is 0 Å². The minimum Gasteiger partial charge on any atom is -0.359 e. The largest absolute Gasteiger partial charge is 0.359 e. The Balaban J connectivity index is 2.08. The third-order valence-electron chi connectivity index (χ3n) is 4.19. The van der Waals surface area contributed by atoms with Crippen molar-refractivity contribution in [2.75, 3.05) is 25.0 Å². The fourth-order valence-corrected chi connectivity index (χ4v) is 2.86. The summed E-state index contributed by atoms with van der Waals surface area (Å²) >= 11 is 0. The molecule has 0 aliphatic heterocycles. The summed E-state index contributed by atoms with van der Waals surface area (Å²) in [5, 5.41) is 8.09. The van der Waals surface area contributed by atoms with E-state index in [1.165, 1.54) is 24.2 Å². The molecule has 2 unspecified atom stereocenters. The number of nitrogens with one attached hydrogen (secondary N) is 1. The molecule has 0 saturated heterocycles. The molecule has 1 heterocycles. The van der Waals surface area contributed by atoms with Crippen LogP contribution in [-0.2, 0) is 13.6 Å². The number of rotatable bonds is 7. The maximum atomic E-state index is 4.59. The Hall–Kier alpha value is -1.03. The van der Waals surface area contributed by atoms with Gasteiger partial charge in [0.2, 0.25) is 0 Å². The highest BCUT2D eigenvalue weighted by atomic mass is 15.4. The van der Waals surface area contributed by atoms with Crippen LogP contribution in [-0.4, -0.2) is 29.9 Å². The highest BCUT2D eigenvalue weighted by molar-refractivity contribution is 5.49. The van der Waals surface area contributed by atoms with Gasteiger partial charge in [-0.1, -0.05) is 13.8 Å². The van der Waals surface area contributed by atoms with E-state index in [2.05, 4.69) is 50.2 Å². The zero-order chi connectivity index (χ0) is 14.0. The minimum atomic E-state index is 0.872. The molecule has 2 rings (SSSR count). The maximum absolute atomic E-state index is 4.59. The second-order valence-corrected chi connectivity index (χ2v) is 6.04. The monoisotopic (exact) mass is 264 g/mol. The number of aryl methyl sites for hydroxylation is 2. The molecule has 0 radical (unpaired) electrons. The van der Waals surface area contributed by atoms with Crippen molar-refractivity contribution in [2.24, 2.45) is 18.9 Å². The highest BCUT2D eigenvalue weighted by Crippen LogP contribution is 2.39. The summed E-state index contributed by atoms with van der Waals surface area (Å²) < 4.78 is 2.03. The molecule has 108 valence electrons. The third kappa shape index (κ3) is 3.30. The Labute approximate surface area is 117 Å². The van der Waals surface area contributed by atoms with Crippen LogP contribution in [0, 0.1) is 18.8 Å². The molecule has 1 aromatic rings. The van der Waals surface area contributed by atoms with Gasteiger partial charge in [-0.25, -0.2) is 0 Å². The zero-order valence-corrected chi connectivity index (χ0v) is 13.0. The first kappa shape index (κ1) is 14.4. The standard InChI is InChI=1S/C15H28N4/c1-6-7-16-9-14-12(3)17-19(5)15(14)18(4)10-13-8-11(13)2/h11,13,16H,6-10H2,1-5H3. The van der Waals surface area contributed by atoms with Crippen molar-refractivity contribution in [1.29, 1.82) is 0 Å². The first-order valence-corrected chi connectivity index (χ1v) is 7.48. The van der Waals surface area contributed by atoms with Crippen LogP contribution in [0.5, 0.6) is 0 Å². The Kier molecular flexibility index (Phi) is 4.50. The van der Waals surface area contributed by atoms with Crippen molar-refractivity contribution in [1.82, 2.24) is 15.1 Å². The molecule has 1 fully saturated rings. The third-order valence-corrected chi connectivity index (χ3v) is 4.19. The van der Waals surface area contributed by atoms with Gasteiger partial charge in [0.1, 0.15) is 5.82 Å². The molecule has 1 aliphatic rings. The zero-order valence-electron chi connectivity index (χ0n) is 13.0. The number of hydrogen-bond acceptors (Lipinski definition) is 3. The molecule has 0 spiro atoms. The average Bonchev–Trinajstić information content (AvgIpc) is 2.94. The van der Waals surface area contributed by atoms with Gasteiger partial charge in [-0.15, -0.1) is 0 Å². The molecular formula is C15H28N4. The van der Waals surface area contributed by atoms with Gasteiger partial charge in [-0.3, -0.25) is 4.68 Å². The van der Waals surface area contributed by atoms with Crippen LogP contribution in [0.4, 0.5) is 5.82 Å². The molecule has 4 nitrogen and oxygen atoms in total. The van der Waals surface area contributed by atoms with Crippen molar-refractivity contribution < 1.29 is 0 Å². The van der Waals surface area contributed by atoms with Crippen molar-refractivity contribution in [3.63, 3.8) is 0 Å². The fourth-order valence-electron chi connectivity index (χ4n) is 2.86. The van der Waals surface area contributed by atoms with Crippen LogP contribution in [0.3, 0.4) is 0 Å². The smallest absolute Gasteiger partial charge is 0.131 e. The molecule has 1 saturated carbocycles. The van der Waals surface area contributed by atoms with E-state index >= 15 is 0 Å². The van der Waals surface area contributed by atoms with E-state index in [0.29, 0.717) is 0 Å². The molecule has 19 heavy (non-hydrogen) atoms. The minimum absolute atomic E-state index is 0.872. The lowest BCUT2D eigenvalue weighted by Gasteiger charge is -2.21. The van der Waals surface area contributed by atoms with Crippen molar-refractivity contribution in [2.45, 2.75) is 40.2 Å². The van der Waals surface area contributed by atoms with Gasteiger partial charge in [-0.05, 0) is 38.1 Å². The maximum Gasteiger partial charge on any atom is 0.131 e. The fraction of sp³-hybridized carbons (Fsp3) is 0.800. The summed E-state index contributed by atoms with van der Waals surface area (Å²) in [7, 11) is 4.25. The van der Waals surface area contributed by atoms with E-state index in [-0.39, 0.29) is 0 Å². The Morgan fingerprint density at radius 1 is 1.47 bits per heavy atom. The Morgan fingerprint density at radius 3 is 2.74 bits per heavy atom. The van der Waals surface area contributed by atoms with E-state index in [0.717, 1.165) is 37.2 Å². The van der Waals surface area contributed by atoms with Gasteiger partial charge >= 0.3 is 0 Å². The molecule has 0 amide bonds. The van der Waals surface area contributed by atoms with Crippen LogP contribution in [0.15, 0.2) is 0 Å². The van der Waals surface area contributed by atoms with E-state index in [4.69, 9.17) is 0 Å². The Bertz CT molecular complexity index is 424. The molecule has 1 N–H and O–H groups in total. The summed E-state index contributed by atoms with van der Waals surface area (Å²) in [4.78, 5) is 2.39. The molecule has 2 atom stereocenters. The number of nitrogens with zero attached hydrogens (tertiary/aromatic N) is 3. The van der Waals surface area contributed by atoms with Gasteiger partial charge < -0.3 is 10.2 Å². The van der Waals surface area contributed by atoms with E-state index in [1.54, 1.807) is 0 Å². The lowest BCUT2D eigenvalue weighted by atomic mass is 10.2. The topological polar surface area (TPSA) is 33.1 Å². The van der Waals surface area contributed by atoms with Crippen LogP contribution in [0.25, 0.3) is 0 Å². The molecule has 1 aliphatic carbocycles. The van der Waals surface area contributed by atoms with E-state index < -0.39 is 0 Å². The van der Waals surface area contributed by atoms with Gasteiger partial charge in [0, 0.05) is 32.7 Å². The van der Waals surface area contributed by atoms with Crippen molar-refractivity contribution >= 4 is 5.82 Å². The van der Waals surface area contributed by atoms with Gasteiger partial charge in [0.25, 0.3) is 0 Å². The van der Waals surface area contributed by atoms with Crippen LogP contribution < -0.4 is 10.2 Å². The number of hydrogen-bond donors (Lipinski definition) is 1. The number of aromatic nitrogens is 2. The summed E-state index contributed by atoms with van der Waals surface area (Å²) in [6, 6.07) is 0. The molecule has 4 heteroatoms. The molecule has 0 aromatic carbocycles. The first-order valence-electron chi connectivity index (χ1n) is 7.48. The van der Waals surface area contributed by atoms with Crippen LogP contribution in [0.1, 0.15) is 37.9 Å². The lowest BCUT2D eigenvalue weighted by molar-refractivity contribution is 0.660. The SMILES string of the molecule is CCCNCc1c(C)nn(C)c1N(C)CC1CC1C. The predicted octanol–water partition coefficient (Wildman–Crippen LogP) is 2.32. The van der Waals surface area contributed by atoms with Gasteiger partial charge in [0.05, 0.1) is 5.69 Å². The van der Waals surface area contributed by atoms with Crippen molar-refractivity contribution in [3.05, 3.63) is 11.3 Å². The second-order valence-electron chi connectivity index (χ2n) is 6.04. The number of anilines is 1. The van der Waals surface area contributed by atoms with Crippen molar-refractivity contribution in [3.8, 4) is 0 Å². The van der Waals surface area contributed by atoms with Gasteiger partial charge in [-0.2, -0.15) is 5.10 Å². The normalized spacial score (nSPS) is 21.7. The summed E-state index contributed by atoms with van der Waals surface area (Å²) in [6.07, 6.45) is 2.55. The predicted molar refractivity (Wildman–Crippen MR) is 80.5 cm³/mol. The summed E-state index contributed by atoms with van der Waals surface area (Å²) in [6.45, 7) is 9.80. The van der Waals surface area contributed by atoms with Crippen LogP contribution >= 0.6 is 0 Å². The second kappa shape index (κ2) is 5.95. The summed E-state index contributed by atoms with van der Waals surface area (Å²) in [5.41, 5.74) is 2.50. The van der Waals surface area contributed by atoms with E-state index in [1.807, 2.05) is 4.68 Å². The lowest BCUT2D eigenvalue weighted by Crippen LogP contribution is -2.25. The molecule has 1 aromatic heterocycles. The quantitative estimate of drug-likeness (QED) is 0.767. The average molecular weight is 264 g/mol. The first-order chi connectivity index (χ1) is 9.04. The highest BCUT2D eigenvalue weighted by Gasteiger charge is 2.34.